The van der Waals surface area contributed by atoms with Gasteiger partial charge in [0.1, 0.15) is 4.75 Å². The lowest BCUT2D eigenvalue weighted by Gasteiger charge is -2.24. The molecule has 0 radical (unpaired) electrons. The fourth-order valence-corrected chi connectivity index (χ4v) is 4.85. The molecule has 3 rings (SSSR count). The van der Waals surface area contributed by atoms with Gasteiger partial charge in [-0.1, -0.05) is 5.16 Å². The Labute approximate surface area is 153 Å². The molecule has 2 heterocycles. The maximum atomic E-state index is 12.7. The van der Waals surface area contributed by atoms with Gasteiger partial charge in [-0.15, -0.1) is 0 Å². The smallest absolute Gasteiger partial charge is 0.247 e. The number of aliphatic hydroxyl groups is 1. The van der Waals surface area contributed by atoms with Crippen LogP contribution in [0.4, 0.5) is 5.88 Å². The second kappa shape index (κ2) is 6.94. The van der Waals surface area contributed by atoms with Crippen molar-refractivity contribution >= 4 is 21.6 Å². The van der Waals surface area contributed by atoms with Gasteiger partial charge in [0.25, 0.3) is 0 Å². The topological polar surface area (TPSA) is 119 Å². The van der Waals surface area contributed by atoms with Gasteiger partial charge in [0.05, 0.1) is 18.1 Å². The van der Waals surface area contributed by atoms with Gasteiger partial charge in [0.15, 0.2) is 9.84 Å². The number of amides is 1. The third kappa shape index (κ3) is 3.65. The minimum Gasteiger partial charge on any atom is -0.396 e. The van der Waals surface area contributed by atoms with E-state index in [2.05, 4.69) is 10.5 Å². The molecule has 1 aliphatic heterocycles. The standard InChI is InChI=1S/C17H26N2O6S/c1-16(2,26(22,23)11-12-3-8-24-10-12)15(21)18-14-9-13(19-25-14)17(4-5-17)6-7-20/h9,12,20H,3-8,10-11H2,1-2H3,(H,18,21)/t12-/m1/s1. The number of carbonyl (C=O) groups is 1. The van der Waals surface area contributed by atoms with E-state index in [1.54, 1.807) is 6.07 Å². The third-order valence-electron chi connectivity index (χ3n) is 5.54. The molecule has 8 nitrogen and oxygen atoms in total. The molecule has 1 saturated heterocycles. The average molecular weight is 386 g/mol. The van der Waals surface area contributed by atoms with Crippen molar-refractivity contribution in [3.63, 3.8) is 0 Å². The number of nitrogens with one attached hydrogen (secondary N) is 1. The van der Waals surface area contributed by atoms with Crippen LogP contribution in [0.1, 0.15) is 45.2 Å². The van der Waals surface area contributed by atoms with E-state index in [4.69, 9.17) is 14.4 Å². The summed E-state index contributed by atoms with van der Waals surface area (Å²) in [5.41, 5.74) is 0.510. The first-order chi connectivity index (χ1) is 12.2. The minimum atomic E-state index is -3.67. The highest BCUT2D eigenvalue weighted by Gasteiger charge is 2.47. The quantitative estimate of drug-likeness (QED) is 0.690. The molecule has 1 aliphatic carbocycles. The molecule has 2 N–H and O–H groups in total. The molecule has 0 aromatic carbocycles. The lowest BCUT2D eigenvalue weighted by Crippen LogP contribution is -2.46. The third-order valence-corrected chi connectivity index (χ3v) is 8.19. The van der Waals surface area contributed by atoms with E-state index in [1.165, 1.54) is 13.8 Å². The van der Waals surface area contributed by atoms with Crippen molar-refractivity contribution < 1.29 is 27.6 Å². The highest BCUT2D eigenvalue weighted by Crippen LogP contribution is 2.50. The van der Waals surface area contributed by atoms with Gasteiger partial charge in [-0.2, -0.15) is 0 Å². The first-order valence-corrected chi connectivity index (χ1v) is 10.5. The molecule has 2 fully saturated rings. The number of hydrogen-bond acceptors (Lipinski definition) is 7. The van der Waals surface area contributed by atoms with Crippen LogP contribution < -0.4 is 5.32 Å². The Morgan fingerprint density at radius 1 is 1.46 bits per heavy atom. The summed E-state index contributed by atoms with van der Waals surface area (Å²) < 4.78 is 34.2. The summed E-state index contributed by atoms with van der Waals surface area (Å²) >= 11 is 0. The van der Waals surface area contributed by atoms with Crippen LogP contribution in [-0.4, -0.2) is 54.9 Å². The number of aliphatic hydroxyl groups excluding tert-OH is 1. The van der Waals surface area contributed by atoms with E-state index < -0.39 is 20.5 Å². The molecular weight excluding hydrogens is 360 g/mol. The van der Waals surface area contributed by atoms with Crippen molar-refractivity contribution in [1.29, 1.82) is 0 Å². The minimum absolute atomic E-state index is 0.0602. The van der Waals surface area contributed by atoms with E-state index in [1.807, 2.05) is 0 Å². The fraction of sp³-hybridized carbons (Fsp3) is 0.765. The Morgan fingerprint density at radius 2 is 2.19 bits per heavy atom. The van der Waals surface area contributed by atoms with Gasteiger partial charge in [0, 0.05) is 24.7 Å². The summed E-state index contributed by atoms with van der Waals surface area (Å²) in [5, 5.41) is 15.7. The number of rotatable bonds is 8. The SMILES string of the molecule is CC(C)(C(=O)Nc1cc(C2(CCO)CC2)no1)S(=O)(=O)C[C@@H]1CCOC1. The van der Waals surface area contributed by atoms with E-state index in [9.17, 15) is 13.2 Å². The molecule has 1 saturated carbocycles. The Hall–Kier alpha value is -1.45. The summed E-state index contributed by atoms with van der Waals surface area (Å²) in [4.78, 5) is 12.6. The molecule has 1 amide bonds. The molecule has 146 valence electrons. The van der Waals surface area contributed by atoms with Gasteiger partial charge in [-0.25, -0.2) is 8.42 Å². The van der Waals surface area contributed by atoms with Crippen LogP contribution >= 0.6 is 0 Å². The number of ether oxygens (including phenoxy) is 1. The highest BCUT2D eigenvalue weighted by atomic mass is 32.2. The second-order valence-electron chi connectivity index (χ2n) is 7.81. The lowest BCUT2D eigenvalue weighted by atomic mass is 9.99. The van der Waals surface area contributed by atoms with E-state index in [0.29, 0.717) is 31.7 Å². The van der Waals surface area contributed by atoms with Crippen molar-refractivity contribution in [3.05, 3.63) is 11.8 Å². The summed E-state index contributed by atoms with van der Waals surface area (Å²) in [6.07, 6.45) is 3.11. The largest absolute Gasteiger partial charge is 0.396 e. The van der Waals surface area contributed by atoms with Crippen LogP contribution in [0.3, 0.4) is 0 Å². The zero-order chi connectivity index (χ0) is 19.0. The average Bonchev–Trinajstić information content (AvgIpc) is 2.97. The number of anilines is 1. The Morgan fingerprint density at radius 3 is 2.77 bits per heavy atom. The molecule has 0 unspecified atom stereocenters. The van der Waals surface area contributed by atoms with Gasteiger partial charge >= 0.3 is 0 Å². The van der Waals surface area contributed by atoms with Crippen LogP contribution in [-0.2, 0) is 24.8 Å². The molecule has 2 aliphatic rings. The predicted octanol–water partition coefficient (Wildman–Crippen LogP) is 1.26. The molecular formula is C17H26N2O6S. The molecule has 26 heavy (non-hydrogen) atoms. The summed E-state index contributed by atoms with van der Waals surface area (Å²) in [5.74, 6) is -0.667. The molecule has 0 bridgehead atoms. The van der Waals surface area contributed by atoms with Crippen LogP contribution in [0.2, 0.25) is 0 Å². The monoisotopic (exact) mass is 386 g/mol. The van der Waals surface area contributed by atoms with E-state index in [0.717, 1.165) is 12.8 Å². The maximum Gasteiger partial charge on any atom is 0.247 e. The van der Waals surface area contributed by atoms with Gasteiger partial charge in [-0.05, 0) is 45.4 Å². The van der Waals surface area contributed by atoms with Gasteiger partial charge in [-0.3, -0.25) is 10.1 Å². The van der Waals surface area contributed by atoms with E-state index >= 15 is 0 Å². The number of hydrogen-bond donors (Lipinski definition) is 2. The van der Waals surface area contributed by atoms with Crippen LogP contribution in [0.15, 0.2) is 10.6 Å². The fourth-order valence-electron chi connectivity index (χ4n) is 3.22. The highest BCUT2D eigenvalue weighted by molar-refractivity contribution is 7.93. The first-order valence-electron chi connectivity index (χ1n) is 8.90. The lowest BCUT2D eigenvalue weighted by molar-refractivity contribution is -0.118. The number of nitrogens with zero attached hydrogens (tertiary/aromatic N) is 1. The Balaban J connectivity index is 1.67. The normalized spacial score (nSPS) is 22.3. The van der Waals surface area contributed by atoms with Crippen molar-refractivity contribution in [1.82, 2.24) is 5.16 Å². The molecule has 9 heteroatoms. The van der Waals surface area contributed by atoms with E-state index in [-0.39, 0.29) is 29.6 Å². The number of aromatic nitrogens is 1. The first kappa shape index (κ1) is 19.3. The van der Waals surface area contributed by atoms with Crippen molar-refractivity contribution in [2.45, 2.75) is 49.7 Å². The van der Waals surface area contributed by atoms with Crippen LogP contribution in [0.5, 0.6) is 0 Å². The Bertz CT molecular complexity index is 760. The van der Waals surface area contributed by atoms with Crippen LogP contribution in [0.25, 0.3) is 0 Å². The summed E-state index contributed by atoms with van der Waals surface area (Å²) in [6, 6.07) is 1.62. The van der Waals surface area contributed by atoms with Crippen molar-refractivity contribution in [3.8, 4) is 0 Å². The zero-order valence-electron chi connectivity index (χ0n) is 15.2. The Kier molecular flexibility index (Phi) is 5.15. The van der Waals surface area contributed by atoms with Crippen molar-refractivity contribution in [2.75, 3.05) is 30.9 Å². The van der Waals surface area contributed by atoms with Gasteiger partial charge < -0.3 is 14.4 Å². The molecule has 1 aromatic rings. The summed E-state index contributed by atoms with van der Waals surface area (Å²) in [6.45, 7) is 3.83. The molecule has 1 atom stereocenters. The second-order valence-corrected chi connectivity index (χ2v) is 10.4. The molecule has 0 spiro atoms. The molecule has 1 aromatic heterocycles. The summed E-state index contributed by atoms with van der Waals surface area (Å²) in [7, 11) is -3.67. The predicted molar refractivity (Wildman–Crippen MR) is 94.5 cm³/mol. The zero-order valence-corrected chi connectivity index (χ0v) is 16.0. The van der Waals surface area contributed by atoms with Crippen molar-refractivity contribution in [2.24, 2.45) is 5.92 Å². The van der Waals surface area contributed by atoms with Gasteiger partial charge in [0.2, 0.25) is 11.8 Å². The maximum absolute atomic E-state index is 12.7. The number of carbonyl (C=O) groups excluding carboxylic acids is 1. The van der Waals surface area contributed by atoms with Crippen LogP contribution in [0, 0.1) is 5.92 Å². The number of sulfone groups is 1.